The van der Waals surface area contributed by atoms with Gasteiger partial charge >= 0.3 is 0 Å². The highest BCUT2D eigenvalue weighted by Crippen LogP contribution is 2.10. The monoisotopic (exact) mass is 282 g/mol. The third kappa shape index (κ3) is 4.93. The molecule has 2 rings (SSSR count). The van der Waals surface area contributed by atoms with Gasteiger partial charge in [-0.3, -0.25) is 0 Å². The van der Waals surface area contributed by atoms with E-state index in [9.17, 15) is 8.42 Å². The maximum atomic E-state index is 12.0. The van der Waals surface area contributed by atoms with E-state index in [0.717, 1.165) is 31.5 Å². The lowest BCUT2D eigenvalue weighted by Crippen LogP contribution is -2.44. The molecule has 0 bridgehead atoms. The smallest absolute Gasteiger partial charge is 0.212 e. The van der Waals surface area contributed by atoms with Gasteiger partial charge in [0.05, 0.1) is 5.75 Å². The molecule has 0 spiro atoms. The summed E-state index contributed by atoms with van der Waals surface area (Å²) >= 11 is 0. The first-order valence-corrected chi connectivity index (χ1v) is 8.43. The number of rotatable bonds is 5. The predicted octanol–water partition coefficient (Wildman–Crippen LogP) is 1.24. The van der Waals surface area contributed by atoms with Crippen molar-refractivity contribution in [3.05, 3.63) is 35.9 Å². The number of piperidine rings is 1. The fraction of sp³-hybridized carbons (Fsp3) is 0.571. The maximum Gasteiger partial charge on any atom is 0.212 e. The Bertz CT molecular complexity index is 479. The van der Waals surface area contributed by atoms with Crippen molar-refractivity contribution in [2.24, 2.45) is 0 Å². The van der Waals surface area contributed by atoms with Crippen molar-refractivity contribution >= 4 is 10.0 Å². The topological polar surface area (TPSA) is 49.4 Å². The lowest BCUT2D eigenvalue weighted by Gasteiger charge is -2.29. The van der Waals surface area contributed by atoms with Gasteiger partial charge in [-0.1, -0.05) is 30.3 Å². The molecule has 0 amide bonds. The maximum absolute atomic E-state index is 12.0. The molecule has 0 aliphatic carbocycles. The molecule has 106 valence electrons. The Kier molecular flexibility index (Phi) is 4.96. The van der Waals surface area contributed by atoms with Gasteiger partial charge in [-0.15, -0.1) is 0 Å². The minimum absolute atomic E-state index is 0.108. The lowest BCUT2D eigenvalue weighted by atomic mass is 10.1. The summed E-state index contributed by atoms with van der Waals surface area (Å²) < 4.78 is 26.9. The highest BCUT2D eigenvalue weighted by atomic mass is 32.2. The fourth-order valence-electron chi connectivity index (χ4n) is 2.34. The number of hydrogen-bond acceptors (Lipinski definition) is 3. The van der Waals surface area contributed by atoms with Gasteiger partial charge in [-0.2, -0.15) is 0 Å². The van der Waals surface area contributed by atoms with Gasteiger partial charge in [0.2, 0.25) is 10.0 Å². The van der Waals surface area contributed by atoms with Crippen LogP contribution < -0.4 is 4.72 Å². The van der Waals surface area contributed by atoms with Crippen LogP contribution in [0.3, 0.4) is 0 Å². The quantitative estimate of drug-likeness (QED) is 0.884. The molecule has 1 fully saturated rings. The van der Waals surface area contributed by atoms with Crippen LogP contribution in [0.2, 0.25) is 0 Å². The number of benzene rings is 1. The first-order chi connectivity index (χ1) is 9.05. The third-order valence-corrected chi connectivity index (χ3v) is 5.00. The molecule has 1 N–H and O–H groups in total. The fourth-order valence-corrected chi connectivity index (χ4v) is 3.70. The Morgan fingerprint density at radius 1 is 1.21 bits per heavy atom. The number of hydrogen-bond donors (Lipinski definition) is 1. The van der Waals surface area contributed by atoms with E-state index in [1.807, 2.05) is 30.3 Å². The van der Waals surface area contributed by atoms with E-state index in [1.54, 1.807) is 0 Å². The molecule has 0 unspecified atom stereocenters. The molecule has 19 heavy (non-hydrogen) atoms. The second kappa shape index (κ2) is 6.50. The largest absolute Gasteiger partial charge is 0.306 e. The summed E-state index contributed by atoms with van der Waals surface area (Å²) in [5, 5.41) is 0. The molecule has 1 saturated heterocycles. The van der Waals surface area contributed by atoms with Crippen LogP contribution in [0.1, 0.15) is 18.4 Å². The lowest BCUT2D eigenvalue weighted by molar-refractivity contribution is 0.248. The summed E-state index contributed by atoms with van der Waals surface area (Å²) in [5.74, 6) is 0.170. The average molecular weight is 282 g/mol. The van der Waals surface area contributed by atoms with E-state index >= 15 is 0 Å². The van der Waals surface area contributed by atoms with Gasteiger partial charge < -0.3 is 4.90 Å². The number of likely N-dealkylation sites (tertiary alicyclic amines) is 1. The Morgan fingerprint density at radius 3 is 2.47 bits per heavy atom. The van der Waals surface area contributed by atoms with Crippen molar-refractivity contribution in [2.75, 3.05) is 25.9 Å². The van der Waals surface area contributed by atoms with Gasteiger partial charge in [0.1, 0.15) is 0 Å². The van der Waals surface area contributed by atoms with Crippen LogP contribution in [-0.4, -0.2) is 45.2 Å². The summed E-state index contributed by atoms with van der Waals surface area (Å²) in [4.78, 5) is 2.23. The molecule has 0 aromatic heterocycles. The van der Waals surface area contributed by atoms with Crippen LogP contribution >= 0.6 is 0 Å². The second-order valence-corrected chi connectivity index (χ2v) is 7.12. The molecule has 0 atom stereocenters. The van der Waals surface area contributed by atoms with E-state index in [1.165, 1.54) is 0 Å². The van der Waals surface area contributed by atoms with Crippen LogP contribution in [0.5, 0.6) is 0 Å². The van der Waals surface area contributed by atoms with Crippen molar-refractivity contribution in [2.45, 2.75) is 25.3 Å². The number of sulfonamides is 1. The Balaban J connectivity index is 1.82. The molecule has 5 heteroatoms. The zero-order chi connectivity index (χ0) is 13.7. The zero-order valence-electron chi connectivity index (χ0n) is 11.4. The molecular weight excluding hydrogens is 260 g/mol. The zero-order valence-corrected chi connectivity index (χ0v) is 12.2. The molecule has 1 heterocycles. The first kappa shape index (κ1) is 14.5. The molecule has 1 aromatic carbocycles. The van der Waals surface area contributed by atoms with Gasteiger partial charge in [-0.25, -0.2) is 13.1 Å². The summed E-state index contributed by atoms with van der Waals surface area (Å²) in [5.41, 5.74) is 1.07. The van der Waals surface area contributed by atoms with E-state index in [-0.39, 0.29) is 11.8 Å². The molecule has 0 saturated carbocycles. The number of nitrogens with zero attached hydrogens (tertiary/aromatic N) is 1. The summed E-state index contributed by atoms with van der Waals surface area (Å²) in [6, 6.07) is 9.85. The predicted molar refractivity (Wildman–Crippen MR) is 77.6 cm³/mol. The van der Waals surface area contributed by atoms with Crippen molar-refractivity contribution in [3.63, 3.8) is 0 Å². The SMILES string of the molecule is CN1CCC(NS(=O)(=O)CCc2ccccc2)CC1. The molecule has 0 radical (unpaired) electrons. The Labute approximate surface area is 115 Å². The van der Waals surface area contributed by atoms with Gasteiger partial charge in [0, 0.05) is 6.04 Å². The van der Waals surface area contributed by atoms with Crippen LogP contribution in [0.15, 0.2) is 30.3 Å². The number of nitrogens with one attached hydrogen (secondary N) is 1. The van der Waals surface area contributed by atoms with E-state index in [0.29, 0.717) is 6.42 Å². The first-order valence-electron chi connectivity index (χ1n) is 6.78. The van der Waals surface area contributed by atoms with Crippen LogP contribution in [0.25, 0.3) is 0 Å². The van der Waals surface area contributed by atoms with Crippen molar-refractivity contribution in [1.29, 1.82) is 0 Å². The second-order valence-electron chi connectivity index (χ2n) is 5.25. The van der Waals surface area contributed by atoms with Crippen LogP contribution in [0.4, 0.5) is 0 Å². The molecule has 4 nitrogen and oxygen atoms in total. The van der Waals surface area contributed by atoms with Crippen LogP contribution in [0, 0.1) is 0 Å². The highest BCUT2D eigenvalue weighted by molar-refractivity contribution is 7.89. The third-order valence-electron chi connectivity index (χ3n) is 3.57. The van der Waals surface area contributed by atoms with Gasteiger partial charge in [0.15, 0.2) is 0 Å². The molecule has 1 aliphatic heterocycles. The van der Waals surface area contributed by atoms with Crippen molar-refractivity contribution in [1.82, 2.24) is 9.62 Å². The Hall–Kier alpha value is -0.910. The number of aryl methyl sites for hydroxylation is 1. The average Bonchev–Trinajstić information content (AvgIpc) is 2.40. The van der Waals surface area contributed by atoms with E-state index in [4.69, 9.17) is 0 Å². The summed E-state index contributed by atoms with van der Waals surface area (Å²) in [6.45, 7) is 1.93. The molecular formula is C14H22N2O2S. The van der Waals surface area contributed by atoms with E-state index in [2.05, 4.69) is 16.7 Å². The standard InChI is InChI=1S/C14H22N2O2S/c1-16-10-7-14(8-11-16)15-19(17,18)12-9-13-5-3-2-4-6-13/h2-6,14-15H,7-12H2,1H3. The van der Waals surface area contributed by atoms with Gasteiger partial charge in [0.25, 0.3) is 0 Å². The molecule has 1 aliphatic rings. The normalized spacial score (nSPS) is 18.6. The van der Waals surface area contributed by atoms with Crippen LogP contribution in [-0.2, 0) is 16.4 Å². The summed E-state index contributed by atoms with van der Waals surface area (Å²) in [6.07, 6.45) is 2.38. The Morgan fingerprint density at radius 2 is 1.84 bits per heavy atom. The summed E-state index contributed by atoms with van der Waals surface area (Å²) in [7, 11) is -1.10. The highest BCUT2D eigenvalue weighted by Gasteiger charge is 2.21. The minimum Gasteiger partial charge on any atom is -0.306 e. The molecule has 1 aromatic rings. The van der Waals surface area contributed by atoms with Gasteiger partial charge in [-0.05, 0) is 45.0 Å². The van der Waals surface area contributed by atoms with E-state index < -0.39 is 10.0 Å². The minimum atomic E-state index is -3.17. The van der Waals surface area contributed by atoms with Crippen molar-refractivity contribution < 1.29 is 8.42 Å². The van der Waals surface area contributed by atoms with Crippen molar-refractivity contribution in [3.8, 4) is 0 Å².